The normalized spacial score (nSPS) is 12.0. The molecule has 0 bridgehead atoms. The van der Waals surface area contributed by atoms with Gasteiger partial charge in [0, 0.05) is 0 Å². The van der Waals surface area contributed by atoms with Gasteiger partial charge in [-0.25, -0.2) is 0 Å². The van der Waals surface area contributed by atoms with Crippen molar-refractivity contribution in [1.82, 2.24) is 0 Å². The third-order valence-corrected chi connectivity index (χ3v) is 1.84. The molecule has 0 aromatic heterocycles. The lowest BCUT2D eigenvalue weighted by Crippen LogP contribution is -2.10. The summed E-state index contributed by atoms with van der Waals surface area (Å²) in [5, 5.41) is 0. The second kappa shape index (κ2) is 4.76. The minimum Gasteiger partial charge on any atom is -0.0651 e. The third-order valence-electron chi connectivity index (χ3n) is 1.84. The highest BCUT2D eigenvalue weighted by Crippen LogP contribution is 2.27. The summed E-state index contributed by atoms with van der Waals surface area (Å²) in [4.78, 5) is 0. The predicted octanol–water partition coefficient (Wildman–Crippen LogP) is 3.63. The maximum atomic E-state index is 3.87. The first-order chi connectivity index (χ1) is 4.62. The zero-order chi connectivity index (χ0) is 8.04. The Morgan fingerprint density at radius 1 is 1.40 bits per heavy atom. The fourth-order valence-corrected chi connectivity index (χ4v) is 1.12. The fourth-order valence-electron chi connectivity index (χ4n) is 1.12. The molecule has 0 fully saturated rings. The Kier molecular flexibility index (Phi) is 4.76. The SMILES string of the molecule is [CH2]CCC(C)(C)C[CH]CC. The molecule has 0 rings (SSSR count). The highest BCUT2D eigenvalue weighted by atomic mass is 14.2. The van der Waals surface area contributed by atoms with Gasteiger partial charge in [0.05, 0.1) is 0 Å². The zero-order valence-electron chi connectivity index (χ0n) is 7.61. The fraction of sp³-hybridized carbons (Fsp3) is 0.800. The molecule has 0 unspecified atom stereocenters. The molecular formula is C10H20. The van der Waals surface area contributed by atoms with Crippen LogP contribution in [0.4, 0.5) is 0 Å². The maximum Gasteiger partial charge on any atom is -0.0351 e. The van der Waals surface area contributed by atoms with Gasteiger partial charge in [-0.05, 0) is 24.7 Å². The molecule has 2 radical (unpaired) electrons. The van der Waals surface area contributed by atoms with Gasteiger partial charge in [0.1, 0.15) is 0 Å². The van der Waals surface area contributed by atoms with E-state index in [9.17, 15) is 0 Å². The van der Waals surface area contributed by atoms with Crippen LogP contribution in [-0.4, -0.2) is 0 Å². The van der Waals surface area contributed by atoms with Crippen LogP contribution in [0.1, 0.15) is 46.5 Å². The number of unbranched alkanes of at least 4 members (excludes halogenated alkanes) is 1. The van der Waals surface area contributed by atoms with Crippen LogP contribution in [0.25, 0.3) is 0 Å². The van der Waals surface area contributed by atoms with E-state index >= 15 is 0 Å². The summed E-state index contributed by atoms with van der Waals surface area (Å²) in [6, 6.07) is 0. The van der Waals surface area contributed by atoms with E-state index in [1.807, 2.05) is 0 Å². The Bertz CT molecular complexity index is 72.1. The quantitative estimate of drug-likeness (QED) is 0.547. The molecule has 0 spiro atoms. The molecule has 0 saturated heterocycles. The lowest BCUT2D eigenvalue weighted by atomic mass is 9.83. The lowest BCUT2D eigenvalue weighted by molar-refractivity contribution is 0.329. The van der Waals surface area contributed by atoms with Crippen molar-refractivity contribution in [2.24, 2.45) is 5.41 Å². The van der Waals surface area contributed by atoms with Crippen LogP contribution in [0.3, 0.4) is 0 Å². The monoisotopic (exact) mass is 140 g/mol. The van der Waals surface area contributed by atoms with E-state index in [1.54, 1.807) is 0 Å². The van der Waals surface area contributed by atoms with Gasteiger partial charge < -0.3 is 0 Å². The van der Waals surface area contributed by atoms with E-state index in [4.69, 9.17) is 0 Å². The topological polar surface area (TPSA) is 0 Å². The van der Waals surface area contributed by atoms with E-state index in [0.717, 1.165) is 6.42 Å². The smallest absolute Gasteiger partial charge is 0.0351 e. The minimum absolute atomic E-state index is 0.484. The molecule has 0 aliphatic rings. The first kappa shape index (κ1) is 10.0. The standard InChI is InChI=1S/C10H20/c1-5-7-9-10(3,4)8-6-2/h7H,2,5-6,8-9H2,1,3-4H3. The molecule has 0 aliphatic heterocycles. The van der Waals surface area contributed by atoms with Crippen LogP contribution in [0.2, 0.25) is 0 Å². The van der Waals surface area contributed by atoms with Gasteiger partial charge in [0.25, 0.3) is 0 Å². The minimum atomic E-state index is 0.484. The van der Waals surface area contributed by atoms with Crippen LogP contribution in [0.15, 0.2) is 0 Å². The molecule has 0 aliphatic carbocycles. The van der Waals surface area contributed by atoms with E-state index in [2.05, 4.69) is 34.1 Å². The van der Waals surface area contributed by atoms with Gasteiger partial charge in [-0.2, -0.15) is 0 Å². The van der Waals surface area contributed by atoms with Crippen molar-refractivity contribution in [3.63, 3.8) is 0 Å². The zero-order valence-corrected chi connectivity index (χ0v) is 7.61. The van der Waals surface area contributed by atoms with Gasteiger partial charge in [-0.15, -0.1) is 0 Å². The van der Waals surface area contributed by atoms with E-state index in [1.165, 1.54) is 19.3 Å². The van der Waals surface area contributed by atoms with E-state index in [-0.39, 0.29) is 0 Å². The highest BCUT2D eigenvalue weighted by molar-refractivity contribution is 4.76. The third kappa shape index (κ3) is 4.84. The molecule has 0 N–H and O–H groups in total. The van der Waals surface area contributed by atoms with Crippen molar-refractivity contribution in [3.8, 4) is 0 Å². The Balaban J connectivity index is 3.42. The highest BCUT2D eigenvalue weighted by Gasteiger charge is 2.14. The molecule has 0 atom stereocenters. The number of rotatable bonds is 5. The van der Waals surface area contributed by atoms with Gasteiger partial charge in [0.15, 0.2) is 0 Å². The molecule has 10 heavy (non-hydrogen) atoms. The molecular weight excluding hydrogens is 120 g/mol. The first-order valence-electron chi connectivity index (χ1n) is 4.23. The van der Waals surface area contributed by atoms with Crippen LogP contribution in [0.5, 0.6) is 0 Å². The summed E-state index contributed by atoms with van der Waals surface area (Å²) in [5.41, 5.74) is 0.484. The molecule has 0 amide bonds. The van der Waals surface area contributed by atoms with Crippen molar-refractivity contribution < 1.29 is 0 Å². The van der Waals surface area contributed by atoms with Crippen molar-refractivity contribution in [1.29, 1.82) is 0 Å². The molecule has 60 valence electrons. The number of hydrogen-bond donors (Lipinski definition) is 0. The molecule has 0 heteroatoms. The van der Waals surface area contributed by atoms with Crippen molar-refractivity contribution in [3.05, 3.63) is 13.3 Å². The van der Waals surface area contributed by atoms with E-state index < -0.39 is 0 Å². The first-order valence-corrected chi connectivity index (χ1v) is 4.23. The second-order valence-electron chi connectivity index (χ2n) is 3.67. The summed E-state index contributed by atoms with van der Waals surface area (Å²) in [5.74, 6) is 0. The Hall–Kier alpha value is 0. The maximum absolute atomic E-state index is 3.87. The Morgan fingerprint density at radius 3 is 2.40 bits per heavy atom. The lowest BCUT2D eigenvalue weighted by Gasteiger charge is -2.23. The average molecular weight is 140 g/mol. The van der Waals surface area contributed by atoms with Crippen LogP contribution >= 0.6 is 0 Å². The van der Waals surface area contributed by atoms with Crippen molar-refractivity contribution in [2.45, 2.75) is 46.5 Å². The average Bonchev–Trinajstić information content (AvgIpc) is 1.84. The van der Waals surface area contributed by atoms with Crippen molar-refractivity contribution in [2.75, 3.05) is 0 Å². The van der Waals surface area contributed by atoms with E-state index in [0.29, 0.717) is 5.41 Å². The summed E-state index contributed by atoms with van der Waals surface area (Å²) >= 11 is 0. The molecule has 0 aromatic carbocycles. The van der Waals surface area contributed by atoms with Crippen LogP contribution in [0, 0.1) is 18.8 Å². The Morgan fingerprint density at radius 2 is 2.00 bits per heavy atom. The predicted molar refractivity (Wildman–Crippen MR) is 47.6 cm³/mol. The van der Waals surface area contributed by atoms with Gasteiger partial charge >= 0.3 is 0 Å². The summed E-state index contributed by atoms with van der Waals surface area (Å²) in [7, 11) is 0. The largest absolute Gasteiger partial charge is 0.0651 e. The summed E-state index contributed by atoms with van der Waals surface area (Å²) < 4.78 is 0. The molecule has 0 nitrogen and oxygen atoms in total. The number of hydrogen-bond acceptors (Lipinski definition) is 0. The second-order valence-corrected chi connectivity index (χ2v) is 3.67. The van der Waals surface area contributed by atoms with Gasteiger partial charge in [-0.3, -0.25) is 0 Å². The molecule has 0 heterocycles. The van der Waals surface area contributed by atoms with Crippen LogP contribution in [-0.2, 0) is 0 Å². The van der Waals surface area contributed by atoms with Gasteiger partial charge in [-0.1, -0.05) is 40.5 Å². The Labute approximate surface area is 66.0 Å². The van der Waals surface area contributed by atoms with Gasteiger partial charge in [0.2, 0.25) is 0 Å². The molecule has 0 aromatic rings. The summed E-state index contributed by atoms with van der Waals surface area (Å²) in [6.45, 7) is 10.7. The molecule has 0 saturated carbocycles. The summed E-state index contributed by atoms with van der Waals surface area (Å²) in [6.07, 6.45) is 7.09. The van der Waals surface area contributed by atoms with Crippen LogP contribution < -0.4 is 0 Å². The van der Waals surface area contributed by atoms with Crippen molar-refractivity contribution >= 4 is 0 Å².